The molecule has 1 saturated heterocycles. The lowest BCUT2D eigenvalue weighted by atomic mass is 10.2. The van der Waals surface area contributed by atoms with Gasteiger partial charge in [0.15, 0.2) is 0 Å². The highest BCUT2D eigenvalue weighted by Gasteiger charge is 2.25. The average Bonchev–Trinajstić information content (AvgIpc) is 2.29. The number of hydrogen-bond donors (Lipinski definition) is 0. The third kappa shape index (κ3) is 2.70. The first kappa shape index (κ1) is 12.6. The summed E-state index contributed by atoms with van der Waals surface area (Å²) in [6.45, 7) is 2.34. The summed E-state index contributed by atoms with van der Waals surface area (Å²) >= 11 is 9.30. The van der Waals surface area contributed by atoms with Gasteiger partial charge in [-0.15, -0.1) is 0 Å². The summed E-state index contributed by atoms with van der Waals surface area (Å²) in [7, 11) is 0. The minimum Gasteiger partial charge on any atom is -0.378 e. The van der Waals surface area contributed by atoms with Gasteiger partial charge in [0, 0.05) is 23.6 Å². The maximum Gasteiger partial charge on any atom is 0.295 e. The van der Waals surface area contributed by atoms with E-state index in [1.54, 1.807) is 6.07 Å². The molecule has 1 fully saturated rings. The van der Waals surface area contributed by atoms with Crippen LogP contribution in [0.15, 0.2) is 16.6 Å². The van der Waals surface area contributed by atoms with Crippen LogP contribution in [-0.4, -0.2) is 31.2 Å². The molecular formula is C10H10BrClN2O3. The van der Waals surface area contributed by atoms with E-state index in [-0.39, 0.29) is 5.69 Å². The Balaban J connectivity index is 2.46. The van der Waals surface area contributed by atoms with Gasteiger partial charge in [-0.1, -0.05) is 27.5 Å². The van der Waals surface area contributed by atoms with Crippen LogP contribution >= 0.6 is 27.5 Å². The number of ether oxygens (including phenoxy) is 1. The first-order chi connectivity index (χ1) is 8.09. The van der Waals surface area contributed by atoms with Gasteiger partial charge >= 0.3 is 0 Å². The number of anilines is 1. The Morgan fingerprint density at radius 2 is 2.06 bits per heavy atom. The van der Waals surface area contributed by atoms with Crippen molar-refractivity contribution in [2.75, 3.05) is 31.2 Å². The van der Waals surface area contributed by atoms with Crippen molar-refractivity contribution in [1.29, 1.82) is 0 Å². The van der Waals surface area contributed by atoms with Gasteiger partial charge < -0.3 is 9.64 Å². The van der Waals surface area contributed by atoms with Gasteiger partial charge in [0.2, 0.25) is 0 Å². The lowest BCUT2D eigenvalue weighted by Gasteiger charge is -2.29. The number of nitro benzene ring substituents is 1. The van der Waals surface area contributed by atoms with E-state index in [0.717, 1.165) is 0 Å². The Morgan fingerprint density at radius 3 is 2.65 bits per heavy atom. The molecule has 1 aliphatic heterocycles. The highest BCUT2D eigenvalue weighted by Crippen LogP contribution is 2.38. The second-order valence-corrected chi connectivity index (χ2v) is 4.93. The maximum absolute atomic E-state index is 11.0. The van der Waals surface area contributed by atoms with E-state index in [0.29, 0.717) is 41.5 Å². The maximum atomic E-state index is 11.0. The van der Waals surface area contributed by atoms with E-state index < -0.39 is 4.92 Å². The lowest BCUT2D eigenvalue weighted by molar-refractivity contribution is -0.384. The van der Waals surface area contributed by atoms with Gasteiger partial charge in [-0.3, -0.25) is 10.1 Å². The molecule has 0 amide bonds. The molecule has 2 rings (SSSR count). The zero-order chi connectivity index (χ0) is 12.4. The van der Waals surface area contributed by atoms with Crippen LogP contribution in [0.25, 0.3) is 0 Å². The summed E-state index contributed by atoms with van der Waals surface area (Å²) in [5.41, 5.74) is 0.495. The Labute approximate surface area is 112 Å². The third-order valence-electron chi connectivity index (χ3n) is 2.53. The van der Waals surface area contributed by atoms with Crippen LogP contribution in [0.3, 0.4) is 0 Å². The van der Waals surface area contributed by atoms with Crippen LogP contribution in [0.5, 0.6) is 0 Å². The topological polar surface area (TPSA) is 55.6 Å². The van der Waals surface area contributed by atoms with Crippen LogP contribution in [0.4, 0.5) is 11.4 Å². The molecule has 0 atom stereocenters. The SMILES string of the molecule is O=[N+]([O-])c1cc(Br)cc(Cl)c1N1CCOCC1. The molecule has 1 heterocycles. The molecule has 1 aliphatic rings. The fourth-order valence-corrected chi connectivity index (χ4v) is 2.70. The Kier molecular flexibility index (Phi) is 3.86. The fourth-order valence-electron chi connectivity index (χ4n) is 1.79. The van der Waals surface area contributed by atoms with Crippen molar-refractivity contribution in [2.45, 2.75) is 0 Å². The van der Waals surface area contributed by atoms with Crippen molar-refractivity contribution < 1.29 is 9.66 Å². The monoisotopic (exact) mass is 320 g/mol. The van der Waals surface area contributed by atoms with Crippen LogP contribution in [0.1, 0.15) is 0 Å². The van der Waals surface area contributed by atoms with Gasteiger partial charge in [-0.05, 0) is 6.07 Å². The summed E-state index contributed by atoms with van der Waals surface area (Å²) < 4.78 is 5.82. The van der Waals surface area contributed by atoms with Gasteiger partial charge in [0.25, 0.3) is 5.69 Å². The van der Waals surface area contributed by atoms with E-state index in [2.05, 4.69) is 15.9 Å². The number of benzene rings is 1. The van der Waals surface area contributed by atoms with Crippen LogP contribution in [-0.2, 0) is 4.74 Å². The summed E-state index contributed by atoms with van der Waals surface area (Å²) in [4.78, 5) is 12.5. The van der Waals surface area contributed by atoms with Crippen molar-refractivity contribution in [1.82, 2.24) is 0 Å². The van der Waals surface area contributed by atoms with Crippen molar-refractivity contribution in [2.24, 2.45) is 0 Å². The molecule has 7 heteroatoms. The molecule has 0 N–H and O–H groups in total. The summed E-state index contributed by atoms with van der Waals surface area (Å²) in [6.07, 6.45) is 0. The number of nitro groups is 1. The van der Waals surface area contributed by atoms with E-state index in [1.807, 2.05) is 4.90 Å². The summed E-state index contributed by atoms with van der Waals surface area (Å²) in [5.74, 6) is 0. The van der Waals surface area contributed by atoms with Gasteiger partial charge in [-0.2, -0.15) is 0 Å². The van der Waals surface area contributed by atoms with Gasteiger partial charge in [0.05, 0.1) is 23.2 Å². The number of morpholine rings is 1. The second-order valence-electron chi connectivity index (χ2n) is 3.61. The minimum atomic E-state index is -0.415. The predicted octanol–water partition coefficient (Wildman–Crippen LogP) is 2.85. The molecule has 17 heavy (non-hydrogen) atoms. The molecule has 0 aromatic heterocycles. The zero-order valence-corrected chi connectivity index (χ0v) is 11.2. The van der Waals surface area contributed by atoms with Gasteiger partial charge in [0.1, 0.15) is 5.69 Å². The highest BCUT2D eigenvalue weighted by atomic mass is 79.9. The van der Waals surface area contributed by atoms with E-state index in [1.165, 1.54) is 6.07 Å². The molecule has 0 unspecified atom stereocenters. The highest BCUT2D eigenvalue weighted by molar-refractivity contribution is 9.10. The molecule has 0 bridgehead atoms. The lowest BCUT2D eigenvalue weighted by Crippen LogP contribution is -2.36. The van der Waals surface area contributed by atoms with Crippen molar-refractivity contribution in [3.05, 3.63) is 31.7 Å². The summed E-state index contributed by atoms with van der Waals surface area (Å²) in [5, 5.41) is 11.4. The number of hydrogen-bond acceptors (Lipinski definition) is 4. The first-order valence-electron chi connectivity index (χ1n) is 5.05. The van der Waals surface area contributed by atoms with Crippen molar-refractivity contribution in [3.8, 4) is 0 Å². The predicted molar refractivity (Wildman–Crippen MR) is 68.8 cm³/mol. The van der Waals surface area contributed by atoms with Crippen LogP contribution in [0, 0.1) is 10.1 Å². The molecule has 0 saturated carbocycles. The number of rotatable bonds is 2. The molecule has 0 spiro atoms. The number of nitrogens with zero attached hydrogens (tertiary/aromatic N) is 2. The van der Waals surface area contributed by atoms with E-state index in [9.17, 15) is 10.1 Å². The Hall–Kier alpha value is -0.850. The standard InChI is InChI=1S/C10H10BrClN2O3/c11-7-5-8(12)10(9(6-7)14(15)16)13-1-3-17-4-2-13/h5-6H,1-4H2. The molecule has 0 aliphatic carbocycles. The summed E-state index contributed by atoms with van der Waals surface area (Å²) in [6, 6.07) is 3.13. The average molecular weight is 322 g/mol. The minimum absolute atomic E-state index is 0.0197. The van der Waals surface area contributed by atoms with Crippen LogP contribution in [0.2, 0.25) is 5.02 Å². The van der Waals surface area contributed by atoms with Crippen LogP contribution < -0.4 is 4.90 Å². The molecular weight excluding hydrogens is 311 g/mol. The van der Waals surface area contributed by atoms with E-state index >= 15 is 0 Å². The molecule has 1 aromatic carbocycles. The van der Waals surface area contributed by atoms with Crippen molar-refractivity contribution in [3.63, 3.8) is 0 Å². The second kappa shape index (κ2) is 5.20. The van der Waals surface area contributed by atoms with E-state index in [4.69, 9.17) is 16.3 Å². The quantitative estimate of drug-likeness (QED) is 0.621. The molecule has 92 valence electrons. The first-order valence-corrected chi connectivity index (χ1v) is 6.23. The number of halogens is 2. The molecule has 0 radical (unpaired) electrons. The zero-order valence-electron chi connectivity index (χ0n) is 8.86. The Morgan fingerprint density at radius 1 is 1.41 bits per heavy atom. The molecule has 1 aromatic rings. The van der Waals surface area contributed by atoms with Crippen molar-refractivity contribution >= 4 is 38.9 Å². The largest absolute Gasteiger partial charge is 0.378 e. The smallest absolute Gasteiger partial charge is 0.295 e. The normalized spacial score (nSPS) is 16.0. The van der Waals surface area contributed by atoms with Gasteiger partial charge in [-0.25, -0.2) is 0 Å². The fraction of sp³-hybridized carbons (Fsp3) is 0.400. The Bertz CT molecular complexity index is 449. The third-order valence-corrected chi connectivity index (χ3v) is 3.28. The molecule has 5 nitrogen and oxygen atoms in total.